The maximum atomic E-state index is 11.2. The van der Waals surface area contributed by atoms with Crippen LogP contribution in [0.4, 0.5) is 17.1 Å². The maximum Gasteiger partial charge on any atom is 0.315 e. The summed E-state index contributed by atoms with van der Waals surface area (Å²) in [6.07, 6.45) is 1.07. The number of nitrogens with zero attached hydrogens (tertiary/aromatic N) is 1. The van der Waals surface area contributed by atoms with Gasteiger partial charge in [0.1, 0.15) is 11.4 Å². The highest BCUT2D eigenvalue weighted by Gasteiger charge is 2.18. The molecule has 0 heterocycles. The van der Waals surface area contributed by atoms with Crippen molar-refractivity contribution < 1.29 is 9.66 Å². The number of nitro benzene ring substituents is 1. The number of benzene rings is 1. The van der Waals surface area contributed by atoms with Crippen LogP contribution >= 0.6 is 0 Å². The molecule has 20 heavy (non-hydrogen) atoms. The van der Waals surface area contributed by atoms with E-state index in [1.807, 2.05) is 20.8 Å². The van der Waals surface area contributed by atoms with Crippen LogP contribution < -0.4 is 10.6 Å². The van der Waals surface area contributed by atoms with Gasteiger partial charge in [-0.1, -0.05) is 13.0 Å². The van der Waals surface area contributed by atoms with Gasteiger partial charge >= 0.3 is 5.69 Å². The van der Waals surface area contributed by atoms with Gasteiger partial charge in [0.2, 0.25) is 0 Å². The van der Waals surface area contributed by atoms with Crippen LogP contribution in [0, 0.1) is 10.1 Å². The fourth-order valence-electron chi connectivity index (χ4n) is 1.77. The molecule has 0 unspecified atom stereocenters. The van der Waals surface area contributed by atoms with Crippen molar-refractivity contribution in [2.45, 2.75) is 33.3 Å². The summed E-state index contributed by atoms with van der Waals surface area (Å²) < 4.78 is 5.41. The fourth-order valence-corrected chi connectivity index (χ4v) is 1.77. The fraction of sp³-hybridized carbons (Fsp3) is 0.571. The van der Waals surface area contributed by atoms with E-state index in [1.54, 1.807) is 18.2 Å². The molecule has 2 N–H and O–H groups in total. The maximum absolute atomic E-state index is 11.2. The van der Waals surface area contributed by atoms with Gasteiger partial charge in [0.05, 0.1) is 17.6 Å². The van der Waals surface area contributed by atoms with Gasteiger partial charge in [-0.3, -0.25) is 10.1 Å². The zero-order chi connectivity index (χ0) is 15.0. The first-order valence-electron chi connectivity index (χ1n) is 6.93. The third-order valence-electron chi connectivity index (χ3n) is 2.65. The molecule has 1 aromatic rings. The van der Waals surface area contributed by atoms with Gasteiger partial charge in [-0.05, 0) is 32.4 Å². The van der Waals surface area contributed by atoms with Crippen LogP contribution in [0.2, 0.25) is 0 Å². The van der Waals surface area contributed by atoms with Gasteiger partial charge in [0, 0.05) is 13.1 Å². The topological polar surface area (TPSA) is 76.4 Å². The molecule has 0 amide bonds. The van der Waals surface area contributed by atoms with Gasteiger partial charge in [-0.25, -0.2) is 0 Å². The van der Waals surface area contributed by atoms with Crippen molar-refractivity contribution in [2.24, 2.45) is 0 Å². The van der Waals surface area contributed by atoms with E-state index in [2.05, 4.69) is 10.6 Å². The highest BCUT2D eigenvalue weighted by atomic mass is 16.6. The average molecular weight is 281 g/mol. The molecule has 0 saturated carbocycles. The molecular formula is C14H23N3O3. The van der Waals surface area contributed by atoms with E-state index in [-0.39, 0.29) is 16.7 Å². The molecule has 0 aliphatic rings. The Morgan fingerprint density at radius 1 is 1.25 bits per heavy atom. The van der Waals surface area contributed by atoms with Gasteiger partial charge in [0.25, 0.3) is 0 Å². The Balaban J connectivity index is 2.76. The summed E-state index contributed by atoms with van der Waals surface area (Å²) in [6.45, 7) is 7.69. The van der Waals surface area contributed by atoms with E-state index in [1.165, 1.54) is 0 Å². The van der Waals surface area contributed by atoms with E-state index in [0.717, 1.165) is 6.42 Å². The minimum Gasteiger partial charge on any atom is -0.379 e. The number of ether oxygens (including phenoxy) is 1. The normalized spacial score (nSPS) is 10.6. The van der Waals surface area contributed by atoms with Gasteiger partial charge in [-0.15, -0.1) is 0 Å². The van der Waals surface area contributed by atoms with Crippen molar-refractivity contribution >= 4 is 17.1 Å². The summed E-state index contributed by atoms with van der Waals surface area (Å²) in [5, 5.41) is 17.4. The van der Waals surface area contributed by atoms with Crippen molar-refractivity contribution in [3.63, 3.8) is 0 Å². The molecule has 0 fully saturated rings. The second-order valence-electron chi connectivity index (χ2n) is 4.73. The molecule has 1 aromatic carbocycles. The lowest BCUT2D eigenvalue weighted by Gasteiger charge is -2.12. The lowest BCUT2D eigenvalue weighted by molar-refractivity contribution is -0.383. The van der Waals surface area contributed by atoms with Crippen molar-refractivity contribution in [3.8, 4) is 0 Å². The summed E-state index contributed by atoms with van der Waals surface area (Å²) in [4.78, 5) is 10.9. The lowest BCUT2D eigenvalue weighted by atomic mass is 10.2. The van der Waals surface area contributed by atoms with Crippen molar-refractivity contribution in [1.29, 1.82) is 0 Å². The molecule has 0 radical (unpaired) electrons. The van der Waals surface area contributed by atoms with Crippen LogP contribution in [0.5, 0.6) is 0 Å². The highest BCUT2D eigenvalue weighted by molar-refractivity contribution is 5.76. The second kappa shape index (κ2) is 8.37. The quantitative estimate of drug-likeness (QED) is 0.413. The Hall–Kier alpha value is -1.82. The van der Waals surface area contributed by atoms with Gasteiger partial charge in [-0.2, -0.15) is 0 Å². The third kappa shape index (κ3) is 5.05. The monoisotopic (exact) mass is 281 g/mol. The first kappa shape index (κ1) is 16.2. The standard InChI is InChI=1S/C14H23N3O3/c1-4-8-15-12-6-5-7-13(14(12)17(18)19)16-9-10-20-11(2)3/h5-7,11,15-16H,4,8-10H2,1-3H3. The summed E-state index contributed by atoms with van der Waals surface area (Å²) in [7, 11) is 0. The minimum absolute atomic E-state index is 0.0884. The first-order valence-corrected chi connectivity index (χ1v) is 6.93. The Labute approximate surface area is 119 Å². The number of para-hydroxylation sites is 1. The molecule has 6 nitrogen and oxygen atoms in total. The molecule has 0 aliphatic heterocycles. The number of nitro groups is 1. The van der Waals surface area contributed by atoms with E-state index in [9.17, 15) is 10.1 Å². The van der Waals surface area contributed by atoms with E-state index in [0.29, 0.717) is 31.1 Å². The molecule has 1 rings (SSSR count). The van der Waals surface area contributed by atoms with E-state index < -0.39 is 0 Å². The van der Waals surface area contributed by atoms with Gasteiger partial charge < -0.3 is 15.4 Å². The minimum atomic E-state index is -0.358. The zero-order valence-corrected chi connectivity index (χ0v) is 12.3. The first-order chi connectivity index (χ1) is 9.56. The molecule has 0 aromatic heterocycles. The number of hydrogen-bond donors (Lipinski definition) is 2. The smallest absolute Gasteiger partial charge is 0.315 e. The number of nitrogens with one attached hydrogen (secondary N) is 2. The van der Waals surface area contributed by atoms with Crippen LogP contribution in [0.25, 0.3) is 0 Å². The SMILES string of the molecule is CCCNc1cccc(NCCOC(C)C)c1[N+](=O)[O-]. The third-order valence-corrected chi connectivity index (χ3v) is 2.65. The molecule has 6 heteroatoms. The number of anilines is 2. The summed E-state index contributed by atoms with van der Waals surface area (Å²) in [5.74, 6) is 0. The van der Waals surface area contributed by atoms with Gasteiger partial charge in [0.15, 0.2) is 0 Å². The number of hydrogen-bond acceptors (Lipinski definition) is 5. The molecular weight excluding hydrogens is 258 g/mol. The van der Waals surface area contributed by atoms with Crippen molar-refractivity contribution in [2.75, 3.05) is 30.3 Å². The van der Waals surface area contributed by atoms with E-state index >= 15 is 0 Å². The van der Waals surface area contributed by atoms with Crippen molar-refractivity contribution in [1.82, 2.24) is 0 Å². The summed E-state index contributed by atoms with van der Waals surface area (Å²) >= 11 is 0. The predicted molar refractivity (Wildman–Crippen MR) is 81.5 cm³/mol. The molecule has 0 saturated heterocycles. The largest absolute Gasteiger partial charge is 0.379 e. The Bertz CT molecular complexity index is 436. The zero-order valence-electron chi connectivity index (χ0n) is 12.3. The van der Waals surface area contributed by atoms with Crippen LogP contribution in [0.15, 0.2) is 18.2 Å². The Morgan fingerprint density at radius 2 is 1.85 bits per heavy atom. The lowest BCUT2D eigenvalue weighted by Crippen LogP contribution is -2.14. The molecule has 112 valence electrons. The van der Waals surface area contributed by atoms with Crippen LogP contribution in [-0.2, 0) is 4.74 Å². The molecule has 0 bridgehead atoms. The molecule has 0 spiro atoms. The van der Waals surface area contributed by atoms with E-state index in [4.69, 9.17) is 4.74 Å². The average Bonchev–Trinajstić information content (AvgIpc) is 2.40. The summed E-state index contributed by atoms with van der Waals surface area (Å²) in [5.41, 5.74) is 1.15. The predicted octanol–water partition coefficient (Wildman–Crippen LogP) is 3.25. The molecule has 0 atom stereocenters. The summed E-state index contributed by atoms with van der Waals surface area (Å²) in [6, 6.07) is 5.24. The van der Waals surface area contributed by atoms with Crippen molar-refractivity contribution in [3.05, 3.63) is 28.3 Å². The number of rotatable bonds is 9. The highest BCUT2D eigenvalue weighted by Crippen LogP contribution is 2.32. The van der Waals surface area contributed by atoms with Crippen LogP contribution in [0.1, 0.15) is 27.2 Å². The van der Waals surface area contributed by atoms with Crippen LogP contribution in [0.3, 0.4) is 0 Å². The Morgan fingerprint density at radius 3 is 2.35 bits per heavy atom. The van der Waals surface area contributed by atoms with Crippen LogP contribution in [-0.4, -0.2) is 30.7 Å². The Kier molecular flexibility index (Phi) is 6.79. The molecule has 0 aliphatic carbocycles. The second-order valence-corrected chi connectivity index (χ2v) is 4.73.